The van der Waals surface area contributed by atoms with Crippen molar-refractivity contribution in [2.45, 2.75) is 46.0 Å². The monoisotopic (exact) mass is 394 g/mol. The van der Waals surface area contributed by atoms with Crippen LogP contribution in [-0.4, -0.2) is 20.9 Å². The van der Waals surface area contributed by atoms with E-state index >= 15 is 0 Å². The molecule has 0 unspecified atom stereocenters. The third-order valence-electron chi connectivity index (χ3n) is 5.09. The van der Waals surface area contributed by atoms with E-state index < -0.39 is 0 Å². The fourth-order valence-corrected chi connectivity index (χ4v) is 4.40. The smallest absolute Gasteiger partial charge is 0.254 e. The van der Waals surface area contributed by atoms with Crippen molar-refractivity contribution in [1.82, 2.24) is 15.0 Å². The quantitative estimate of drug-likeness (QED) is 0.692. The molecule has 0 saturated heterocycles. The van der Waals surface area contributed by atoms with Crippen LogP contribution in [0.25, 0.3) is 11.3 Å². The number of carbonyl (C=O) groups is 1. The summed E-state index contributed by atoms with van der Waals surface area (Å²) in [5.41, 5.74) is 5.86. The summed E-state index contributed by atoms with van der Waals surface area (Å²) in [6.07, 6.45) is 4.07. The Bertz CT molecular complexity index is 1100. The zero-order valence-electron chi connectivity index (χ0n) is 16.0. The van der Waals surface area contributed by atoms with E-state index in [9.17, 15) is 9.59 Å². The van der Waals surface area contributed by atoms with Crippen LogP contribution in [0.2, 0.25) is 0 Å². The van der Waals surface area contributed by atoms with E-state index in [0.29, 0.717) is 28.6 Å². The molecule has 0 radical (unpaired) electrons. The topological polar surface area (TPSA) is 87.7 Å². The Kier molecular flexibility index (Phi) is 5.09. The van der Waals surface area contributed by atoms with Gasteiger partial charge in [-0.1, -0.05) is 12.1 Å². The van der Waals surface area contributed by atoms with Gasteiger partial charge >= 0.3 is 0 Å². The highest BCUT2D eigenvalue weighted by molar-refractivity contribution is 7.14. The molecule has 28 heavy (non-hydrogen) atoms. The number of nitrogens with zero attached hydrogens (tertiary/aromatic N) is 2. The van der Waals surface area contributed by atoms with Gasteiger partial charge in [-0.2, -0.15) is 0 Å². The van der Waals surface area contributed by atoms with Crippen molar-refractivity contribution >= 4 is 22.4 Å². The Morgan fingerprint density at radius 1 is 1.21 bits per heavy atom. The van der Waals surface area contributed by atoms with E-state index in [1.54, 1.807) is 13.8 Å². The predicted octanol–water partition coefficient (Wildman–Crippen LogP) is 3.57. The number of carbonyl (C=O) groups excluding carboxylic acids is 1. The molecular formula is C21H22N4O2S. The maximum Gasteiger partial charge on any atom is 0.254 e. The molecule has 1 aliphatic rings. The summed E-state index contributed by atoms with van der Waals surface area (Å²) in [5, 5.41) is 5.38. The Morgan fingerprint density at radius 3 is 2.86 bits per heavy atom. The lowest BCUT2D eigenvalue weighted by Crippen LogP contribution is -2.20. The highest BCUT2D eigenvalue weighted by Gasteiger charge is 2.14. The second kappa shape index (κ2) is 7.67. The molecule has 144 valence electrons. The van der Waals surface area contributed by atoms with Crippen molar-refractivity contribution in [3.63, 3.8) is 0 Å². The number of anilines is 1. The molecule has 0 spiro atoms. The van der Waals surface area contributed by atoms with Crippen LogP contribution in [0.3, 0.4) is 0 Å². The van der Waals surface area contributed by atoms with Crippen LogP contribution in [0.15, 0.2) is 28.4 Å². The molecule has 0 bridgehead atoms. The van der Waals surface area contributed by atoms with E-state index in [4.69, 9.17) is 0 Å². The minimum absolute atomic E-state index is 0.158. The fraction of sp³-hybridized carbons (Fsp3) is 0.333. The van der Waals surface area contributed by atoms with Gasteiger partial charge in [0.2, 0.25) is 5.91 Å². The van der Waals surface area contributed by atoms with Gasteiger partial charge < -0.3 is 10.3 Å². The summed E-state index contributed by atoms with van der Waals surface area (Å²) >= 11 is 1.41. The van der Waals surface area contributed by atoms with Crippen molar-refractivity contribution in [1.29, 1.82) is 0 Å². The minimum Gasteiger partial charge on any atom is -0.311 e. The first-order valence-electron chi connectivity index (χ1n) is 9.43. The second-order valence-electron chi connectivity index (χ2n) is 7.14. The minimum atomic E-state index is -0.175. The number of aromatic amines is 1. The standard InChI is InChI=1S/C21H22N4O2S/c1-12-17(20(27)23-13(2)22-12)8-9-19(26)25-21-24-18(11-28-21)16-7-6-14-4-3-5-15(14)10-16/h6-7,10-11H,3-5,8-9H2,1-2H3,(H,22,23,27)(H,24,25,26). The molecule has 6 nitrogen and oxygen atoms in total. The van der Waals surface area contributed by atoms with Crippen molar-refractivity contribution in [2.24, 2.45) is 0 Å². The van der Waals surface area contributed by atoms with Gasteiger partial charge in [0.25, 0.3) is 5.56 Å². The van der Waals surface area contributed by atoms with Crippen LogP contribution >= 0.6 is 11.3 Å². The van der Waals surface area contributed by atoms with Crippen LogP contribution in [0.4, 0.5) is 5.13 Å². The number of nitrogens with one attached hydrogen (secondary N) is 2. The molecule has 4 rings (SSSR count). The Balaban J connectivity index is 1.40. The van der Waals surface area contributed by atoms with Crippen molar-refractivity contribution < 1.29 is 4.79 Å². The van der Waals surface area contributed by atoms with Gasteiger partial charge in [0.05, 0.1) is 5.69 Å². The average Bonchev–Trinajstić information content (AvgIpc) is 3.29. The molecule has 2 N–H and O–H groups in total. The van der Waals surface area contributed by atoms with Crippen LogP contribution in [0.5, 0.6) is 0 Å². The Morgan fingerprint density at radius 2 is 2.04 bits per heavy atom. The van der Waals surface area contributed by atoms with Gasteiger partial charge in [0.1, 0.15) is 5.82 Å². The lowest BCUT2D eigenvalue weighted by molar-refractivity contribution is -0.116. The summed E-state index contributed by atoms with van der Waals surface area (Å²) in [5.74, 6) is 0.423. The lowest BCUT2D eigenvalue weighted by atomic mass is 10.1. The molecule has 0 saturated carbocycles. The molecule has 0 fully saturated rings. The number of H-pyrrole nitrogens is 1. The molecule has 7 heteroatoms. The highest BCUT2D eigenvalue weighted by atomic mass is 32.1. The van der Waals surface area contributed by atoms with Gasteiger partial charge in [-0.3, -0.25) is 9.59 Å². The maximum atomic E-state index is 12.3. The summed E-state index contributed by atoms with van der Waals surface area (Å²) in [4.78, 5) is 35.8. The van der Waals surface area contributed by atoms with Crippen molar-refractivity contribution in [3.8, 4) is 11.3 Å². The number of fused-ring (bicyclic) bond motifs is 1. The number of aryl methyl sites for hydroxylation is 4. The molecule has 1 aromatic carbocycles. The number of thiazole rings is 1. The number of hydrogen-bond acceptors (Lipinski definition) is 5. The number of amides is 1. The van der Waals surface area contributed by atoms with Crippen LogP contribution < -0.4 is 10.9 Å². The van der Waals surface area contributed by atoms with Gasteiger partial charge in [-0.05, 0) is 56.7 Å². The molecule has 2 aromatic heterocycles. The summed E-state index contributed by atoms with van der Waals surface area (Å²) in [6, 6.07) is 6.50. The zero-order chi connectivity index (χ0) is 19.7. The van der Waals surface area contributed by atoms with Crippen LogP contribution in [0, 0.1) is 13.8 Å². The summed E-state index contributed by atoms with van der Waals surface area (Å²) in [6.45, 7) is 3.53. The van der Waals surface area contributed by atoms with Gasteiger partial charge in [-0.25, -0.2) is 9.97 Å². The average molecular weight is 395 g/mol. The first-order valence-corrected chi connectivity index (χ1v) is 10.3. The largest absolute Gasteiger partial charge is 0.311 e. The molecule has 3 aromatic rings. The van der Waals surface area contributed by atoms with Crippen molar-refractivity contribution in [3.05, 3.63) is 62.1 Å². The molecule has 1 aliphatic carbocycles. The molecular weight excluding hydrogens is 372 g/mol. The Hall–Kier alpha value is -2.80. The number of aromatic nitrogens is 3. The predicted molar refractivity (Wildman–Crippen MR) is 111 cm³/mol. The van der Waals surface area contributed by atoms with Crippen LogP contribution in [0.1, 0.15) is 41.1 Å². The van der Waals surface area contributed by atoms with Gasteiger partial charge in [0, 0.05) is 28.6 Å². The van der Waals surface area contributed by atoms with Crippen molar-refractivity contribution in [2.75, 3.05) is 5.32 Å². The maximum absolute atomic E-state index is 12.3. The second-order valence-corrected chi connectivity index (χ2v) is 8.00. The SMILES string of the molecule is Cc1nc(C)c(CCC(=O)Nc2nc(-c3ccc4c(c3)CCC4)cs2)c(=O)[nH]1. The first kappa shape index (κ1) is 18.6. The lowest BCUT2D eigenvalue weighted by Gasteiger charge is -2.05. The molecule has 1 amide bonds. The molecule has 2 heterocycles. The van der Waals surface area contributed by atoms with Crippen LogP contribution in [-0.2, 0) is 24.1 Å². The number of hydrogen-bond donors (Lipinski definition) is 2. The van der Waals surface area contributed by atoms with Gasteiger partial charge in [0.15, 0.2) is 5.13 Å². The summed E-state index contributed by atoms with van der Waals surface area (Å²) in [7, 11) is 0. The van der Waals surface area contributed by atoms with E-state index in [-0.39, 0.29) is 17.9 Å². The first-order chi connectivity index (χ1) is 13.5. The van der Waals surface area contributed by atoms with E-state index in [2.05, 4.69) is 38.5 Å². The number of benzene rings is 1. The molecule has 0 atom stereocenters. The zero-order valence-corrected chi connectivity index (χ0v) is 16.8. The van der Waals surface area contributed by atoms with E-state index in [1.807, 2.05) is 5.38 Å². The van der Waals surface area contributed by atoms with E-state index in [1.165, 1.54) is 28.9 Å². The van der Waals surface area contributed by atoms with E-state index in [0.717, 1.165) is 24.1 Å². The Labute approximate surface area is 167 Å². The van der Waals surface area contributed by atoms with Gasteiger partial charge in [-0.15, -0.1) is 11.3 Å². The molecule has 0 aliphatic heterocycles. The highest BCUT2D eigenvalue weighted by Crippen LogP contribution is 2.30. The fourth-order valence-electron chi connectivity index (χ4n) is 3.66. The third kappa shape index (κ3) is 3.89. The third-order valence-corrected chi connectivity index (χ3v) is 5.85. The normalized spacial score (nSPS) is 12.8. The summed E-state index contributed by atoms with van der Waals surface area (Å²) < 4.78 is 0. The number of rotatable bonds is 5.